The average Bonchev–Trinajstić information content (AvgIpc) is 3.38. The van der Waals surface area contributed by atoms with Gasteiger partial charge in [-0.3, -0.25) is 20.1 Å². The summed E-state index contributed by atoms with van der Waals surface area (Å²) in [5.74, 6) is -0.139. The molecule has 1 atom stereocenters. The minimum absolute atomic E-state index is 0.139. The number of carbonyl (C=O) groups excluding carboxylic acids is 1. The van der Waals surface area contributed by atoms with E-state index in [0.717, 1.165) is 36.1 Å². The van der Waals surface area contributed by atoms with Crippen molar-refractivity contribution in [1.29, 1.82) is 0 Å². The van der Waals surface area contributed by atoms with Crippen LogP contribution in [0.4, 0.5) is 5.13 Å². The number of likely N-dealkylation sites (tertiary alicyclic amines) is 1. The highest BCUT2D eigenvalue weighted by Crippen LogP contribution is 2.34. The van der Waals surface area contributed by atoms with Crippen LogP contribution in [-0.4, -0.2) is 32.5 Å². The van der Waals surface area contributed by atoms with E-state index in [-0.39, 0.29) is 5.91 Å². The SMILES string of the molecule is O=C(Nc1nc([C@@H]2CCCN2Cc2cn[nH]c2)cs1)c1ccc(Br)cc1. The number of rotatable bonds is 5. The molecule has 1 saturated heterocycles. The van der Waals surface area contributed by atoms with Gasteiger partial charge in [-0.25, -0.2) is 4.98 Å². The largest absolute Gasteiger partial charge is 0.298 e. The van der Waals surface area contributed by atoms with Gasteiger partial charge in [0.15, 0.2) is 5.13 Å². The zero-order valence-corrected chi connectivity index (χ0v) is 16.4. The Morgan fingerprint density at radius 2 is 2.23 bits per heavy atom. The van der Waals surface area contributed by atoms with Gasteiger partial charge in [0.25, 0.3) is 5.91 Å². The highest BCUT2D eigenvalue weighted by Gasteiger charge is 2.28. The monoisotopic (exact) mass is 431 g/mol. The minimum Gasteiger partial charge on any atom is -0.298 e. The topological polar surface area (TPSA) is 73.9 Å². The lowest BCUT2D eigenvalue weighted by atomic mass is 10.1. The van der Waals surface area contributed by atoms with Crippen LogP contribution >= 0.6 is 27.3 Å². The van der Waals surface area contributed by atoms with Gasteiger partial charge < -0.3 is 0 Å². The van der Waals surface area contributed by atoms with Crippen molar-refractivity contribution >= 4 is 38.3 Å². The van der Waals surface area contributed by atoms with Crippen molar-refractivity contribution in [3.63, 3.8) is 0 Å². The van der Waals surface area contributed by atoms with Crippen LogP contribution in [0.1, 0.15) is 40.5 Å². The van der Waals surface area contributed by atoms with Crippen molar-refractivity contribution in [3.05, 3.63) is 63.3 Å². The third kappa shape index (κ3) is 3.87. The predicted octanol–water partition coefficient (Wildman–Crippen LogP) is 4.22. The second-order valence-corrected chi connectivity index (χ2v) is 8.05. The summed E-state index contributed by atoms with van der Waals surface area (Å²) in [4.78, 5) is 19.4. The first-order valence-electron chi connectivity index (χ1n) is 8.43. The zero-order chi connectivity index (χ0) is 17.9. The van der Waals surface area contributed by atoms with Crippen LogP contribution in [0.5, 0.6) is 0 Å². The number of carbonyl (C=O) groups is 1. The molecule has 0 saturated carbocycles. The Kier molecular flexibility index (Phi) is 5.14. The maximum Gasteiger partial charge on any atom is 0.257 e. The maximum absolute atomic E-state index is 12.4. The van der Waals surface area contributed by atoms with E-state index in [0.29, 0.717) is 16.7 Å². The zero-order valence-electron chi connectivity index (χ0n) is 14.0. The third-order valence-electron chi connectivity index (χ3n) is 4.49. The van der Waals surface area contributed by atoms with E-state index in [2.05, 4.69) is 46.7 Å². The summed E-state index contributed by atoms with van der Waals surface area (Å²) in [6, 6.07) is 7.58. The van der Waals surface area contributed by atoms with Gasteiger partial charge in [-0.2, -0.15) is 5.10 Å². The molecule has 3 heterocycles. The molecule has 0 unspecified atom stereocenters. The molecule has 2 aromatic heterocycles. The summed E-state index contributed by atoms with van der Waals surface area (Å²) in [6.45, 7) is 1.91. The van der Waals surface area contributed by atoms with Crippen LogP contribution in [0.25, 0.3) is 0 Å². The molecule has 0 radical (unpaired) electrons. The van der Waals surface area contributed by atoms with E-state index < -0.39 is 0 Å². The number of nitrogens with zero attached hydrogens (tertiary/aromatic N) is 3. The Morgan fingerprint density at radius 1 is 1.38 bits per heavy atom. The molecular weight excluding hydrogens is 414 g/mol. The third-order valence-corrected chi connectivity index (χ3v) is 5.80. The normalized spacial score (nSPS) is 17.5. The molecule has 4 rings (SSSR count). The highest BCUT2D eigenvalue weighted by molar-refractivity contribution is 9.10. The van der Waals surface area contributed by atoms with Crippen LogP contribution < -0.4 is 5.32 Å². The molecule has 26 heavy (non-hydrogen) atoms. The van der Waals surface area contributed by atoms with Gasteiger partial charge in [0.2, 0.25) is 0 Å². The molecule has 8 heteroatoms. The van der Waals surface area contributed by atoms with Gasteiger partial charge >= 0.3 is 0 Å². The van der Waals surface area contributed by atoms with E-state index >= 15 is 0 Å². The van der Waals surface area contributed by atoms with Crippen molar-refractivity contribution in [3.8, 4) is 0 Å². The van der Waals surface area contributed by atoms with Crippen LogP contribution in [0, 0.1) is 0 Å². The van der Waals surface area contributed by atoms with Crippen LogP contribution in [0.3, 0.4) is 0 Å². The van der Waals surface area contributed by atoms with Crippen LogP contribution in [0.15, 0.2) is 46.5 Å². The van der Waals surface area contributed by atoms with E-state index in [1.807, 2.05) is 24.5 Å². The number of H-pyrrole nitrogens is 1. The highest BCUT2D eigenvalue weighted by atomic mass is 79.9. The number of aromatic nitrogens is 3. The van der Waals surface area contributed by atoms with Crippen LogP contribution in [0.2, 0.25) is 0 Å². The molecule has 3 aromatic rings. The quantitative estimate of drug-likeness (QED) is 0.633. The molecule has 2 N–H and O–H groups in total. The van der Waals surface area contributed by atoms with Gasteiger partial charge in [-0.05, 0) is 43.7 Å². The van der Waals surface area contributed by atoms with Gasteiger partial charge in [-0.1, -0.05) is 15.9 Å². The number of aromatic amines is 1. The lowest BCUT2D eigenvalue weighted by Crippen LogP contribution is -2.22. The Bertz CT molecular complexity index is 877. The number of anilines is 1. The first kappa shape index (κ1) is 17.4. The summed E-state index contributed by atoms with van der Waals surface area (Å²) < 4.78 is 0.949. The van der Waals surface area contributed by atoms with Gasteiger partial charge in [-0.15, -0.1) is 11.3 Å². The fraction of sp³-hybridized carbons (Fsp3) is 0.278. The molecule has 1 amide bonds. The number of amides is 1. The molecule has 0 spiro atoms. The van der Waals surface area contributed by atoms with Crippen molar-refractivity contribution in [2.75, 3.05) is 11.9 Å². The Balaban J connectivity index is 1.43. The van der Waals surface area contributed by atoms with Crippen molar-refractivity contribution in [2.45, 2.75) is 25.4 Å². The van der Waals surface area contributed by atoms with E-state index in [9.17, 15) is 4.79 Å². The van der Waals surface area contributed by atoms with Crippen LogP contribution in [-0.2, 0) is 6.54 Å². The fourth-order valence-corrected chi connectivity index (χ4v) is 4.23. The number of nitrogens with one attached hydrogen (secondary N) is 2. The Labute approximate surface area is 163 Å². The standard InChI is InChI=1S/C18H18BrN5OS/c19-14-5-3-13(4-6-14)17(25)23-18-22-15(11-26-18)16-2-1-7-24(16)10-12-8-20-21-9-12/h3-6,8-9,11,16H,1-2,7,10H2,(H,20,21)(H,22,23,25)/t16-/m0/s1. The summed E-state index contributed by atoms with van der Waals surface area (Å²) in [6.07, 6.45) is 6.03. The Hall–Kier alpha value is -2.03. The van der Waals surface area contributed by atoms with E-state index in [4.69, 9.17) is 0 Å². The number of hydrogen-bond acceptors (Lipinski definition) is 5. The number of halogens is 1. The fourth-order valence-electron chi connectivity index (χ4n) is 3.22. The lowest BCUT2D eigenvalue weighted by molar-refractivity contribution is 0.102. The first-order valence-corrected chi connectivity index (χ1v) is 10.1. The molecule has 0 aliphatic carbocycles. The average molecular weight is 432 g/mol. The summed E-state index contributed by atoms with van der Waals surface area (Å²) in [7, 11) is 0. The molecule has 134 valence electrons. The molecule has 1 fully saturated rings. The predicted molar refractivity (Wildman–Crippen MR) is 105 cm³/mol. The maximum atomic E-state index is 12.4. The van der Waals surface area contributed by atoms with Gasteiger partial charge in [0.05, 0.1) is 17.9 Å². The van der Waals surface area contributed by atoms with E-state index in [1.165, 1.54) is 16.9 Å². The number of hydrogen-bond donors (Lipinski definition) is 2. The van der Waals surface area contributed by atoms with E-state index in [1.54, 1.807) is 12.1 Å². The van der Waals surface area contributed by atoms with Crippen molar-refractivity contribution < 1.29 is 4.79 Å². The summed E-state index contributed by atoms with van der Waals surface area (Å²) in [5, 5.41) is 12.5. The van der Waals surface area contributed by atoms with Crippen molar-refractivity contribution in [2.24, 2.45) is 0 Å². The summed E-state index contributed by atoms with van der Waals surface area (Å²) >= 11 is 4.85. The molecule has 1 aromatic carbocycles. The Morgan fingerprint density at radius 3 is 3.00 bits per heavy atom. The minimum atomic E-state index is -0.139. The lowest BCUT2D eigenvalue weighted by Gasteiger charge is -2.22. The van der Waals surface area contributed by atoms with Gasteiger partial charge in [0, 0.05) is 33.7 Å². The molecule has 0 bridgehead atoms. The molecule has 1 aliphatic rings. The second kappa shape index (κ2) is 7.69. The second-order valence-electron chi connectivity index (χ2n) is 6.27. The smallest absolute Gasteiger partial charge is 0.257 e. The van der Waals surface area contributed by atoms with Crippen molar-refractivity contribution in [1.82, 2.24) is 20.1 Å². The molecule has 6 nitrogen and oxygen atoms in total. The first-order chi connectivity index (χ1) is 12.7. The van der Waals surface area contributed by atoms with Gasteiger partial charge in [0.1, 0.15) is 0 Å². The summed E-state index contributed by atoms with van der Waals surface area (Å²) in [5.41, 5.74) is 2.82. The number of benzene rings is 1. The molecule has 1 aliphatic heterocycles. The number of thiazole rings is 1. The molecular formula is C18H18BrN5OS.